The van der Waals surface area contributed by atoms with Crippen LogP contribution in [0.1, 0.15) is 42.2 Å². The van der Waals surface area contributed by atoms with E-state index in [0.717, 1.165) is 22.7 Å². The maximum Gasteiger partial charge on any atom is 0.416 e. The summed E-state index contributed by atoms with van der Waals surface area (Å²) < 4.78 is 46.5. The highest BCUT2D eigenvalue weighted by atomic mass is 79.9. The van der Waals surface area contributed by atoms with Crippen LogP contribution < -0.4 is 15.5 Å². The number of anilines is 1. The lowest BCUT2D eigenvalue weighted by atomic mass is 10.1. The summed E-state index contributed by atoms with van der Waals surface area (Å²) in [5.74, 6) is -1.84. The van der Waals surface area contributed by atoms with Crippen LogP contribution >= 0.6 is 47.8 Å². The summed E-state index contributed by atoms with van der Waals surface area (Å²) in [6.45, 7) is 0. The normalized spacial score (nSPS) is 11.3. The molecule has 0 heterocycles. The molecule has 0 aliphatic heterocycles. The molecule has 13 heteroatoms. The van der Waals surface area contributed by atoms with Crippen molar-refractivity contribution in [3.63, 3.8) is 0 Å². The van der Waals surface area contributed by atoms with Crippen LogP contribution in [0.5, 0.6) is 5.75 Å². The third kappa shape index (κ3) is 8.14. The van der Waals surface area contributed by atoms with Crippen LogP contribution in [0.25, 0.3) is 0 Å². The van der Waals surface area contributed by atoms with E-state index in [9.17, 15) is 27.6 Å². The number of rotatable bonds is 7. The minimum Gasteiger partial charge on any atom is -0.421 e. The van der Waals surface area contributed by atoms with Crippen LogP contribution in [0, 0.1) is 0 Å². The third-order valence-electron chi connectivity index (χ3n) is 5.52. The van der Waals surface area contributed by atoms with Gasteiger partial charge in [-0.05, 0) is 88.7 Å². The smallest absolute Gasteiger partial charge is 0.416 e. The van der Waals surface area contributed by atoms with Crippen LogP contribution in [-0.2, 0) is 6.18 Å². The number of ether oxygens (including phenoxy) is 1. The van der Waals surface area contributed by atoms with Gasteiger partial charge in [-0.2, -0.15) is 18.3 Å². The van der Waals surface area contributed by atoms with E-state index in [1.165, 1.54) is 36.5 Å². The highest BCUT2D eigenvalue weighted by molar-refractivity contribution is 9.11. The molecule has 0 aromatic heterocycles. The van der Waals surface area contributed by atoms with Gasteiger partial charge in [-0.25, -0.2) is 10.2 Å². The number of hydrazone groups is 1. The molecule has 42 heavy (non-hydrogen) atoms. The van der Waals surface area contributed by atoms with E-state index >= 15 is 0 Å². The Morgan fingerprint density at radius 2 is 1.43 bits per heavy atom. The van der Waals surface area contributed by atoms with Gasteiger partial charge in [0.15, 0.2) is 5.75 Å². The first-order valence-corrected chi connectivity index (χ1v) is 14.2. The Kier molecular flexibility index (Phi) is 9.97. The molecule has 0 fully saturated rings. The summed E-state index contributed by atoms with van der Waals surface area (Å²) in [7, 11) is 0. The van der Waals surface area contributed by atoms with Gasteiger partial charge in [-0.15, -0.1) is 0 Å². The zero-order valence-electron chi connectivity index (χ0n) is 21.0. The van der Waals surface area contributed by atoms with Crippen molar-refractivity contribution in [1.29, 1.82) is 0 Å². The van der Waals surface area contributed by atoms with E-state index < -0.39 is 29.5 Å². The third-order valence-corrected chi connectivity index (χ3v) is 7.09. The predicted molar refractivity (Wildman–Crippen MR) is 162 cm³/mol. The van der Waals surface area contributed by atoms with Crippen molar-refractivity contribution >= 4 is 77.5 Å². The van der Waals surface area contributed by atoms with Crippen molar-refractivity contribution < 1.29 is 32.3 Å². The predicted octanol–water partition coefficient (Wildman–Crippen LogP) is 8.23. The van der Waals surface area contributed by atoms with Crippen molar-refractivity contribution in [2.45, 2.75) is 6.18 Å². The first kappa shape index (κ1) is 31.1. The Hall–Kier alpha value is -3.81. The number of benzene rings is 4. The second kappa shape index (κ2) is 13.4. The molecule has 4 rings (SSSR count). The van der Waals surface area contributed by atoms with E-state index in [2.05, 4.69) is 63.6 Å². The zero-order valence-corrected chi connectivity index (χ0v) is 25.8. The van der Waals surface area contributed by atoms with Gasteiger partial charge in [0.25, 0.3) is 11.8 Å². The fourth-order valence-corrected chi connectivity index (χ4v) is 5.13. The van der Waals surface area contributed by atoms with E-state index in [0.29, 0.717) is 20.1 Å². The molecule has 0 radical (unpaired) electrons. The van der Waals surface area contributed by atoms with Crippen LogP contribution in [0.2, 0.25) is 0 Å². The van der Waals surface area contributed by atoms with Crippen molar-refractivity contribution in [3.8, 4) is 5.75 Å². The van der Waals surface area contributed by atoms with E-state index in [4.69, 9.17) is 4.74 Å². The van der Waals surface area contributed by atoms with Crippen molar-refractivity contribution in [2.24, 2.45) is 5.10 Å². The Bertz CT molecular complexity index is 1690. The lowest BCUT2D eigenvalue weighted by Crippen LogP contribution is -2.19. The molecule has 0 bridgehead atoms. The minimum atomic E-state index is -4.59. The van der Waals surface area contributed by atoms with Crippen LogP contribution in [0.4, 0.5) is 18.9 Å². The molecule has 7 nitrogen and oxygen atoms in total. The molecule has 0 unspecified atom stereocenters. The molecule has 0 atom stereocenters. The molecule has 0 aliphatic rings. The fourth-order valence-electron chi connectivity index (χ4n) is 3.52. The summed E-state index contributed by atoms with van der Waals surface area (Å²) in [6.07, 6.45) is -3.31. The number of carbonyl (C=O) groups is 3. The maximum absolute atomic E-state index is 13.0. The molecule has 4 aromatic carbocycles. The molecule has 0 saturated heterocycles. The standard InChI is InChI=1S/C29H17Br3F3N3O4/c30-21-9-7-16(8-10-21)28(41)42-25-19(12-22(31)14-24(25)32)15-36-38-27(40)18-4-2-6-23(13-18)37-26(39)17-3-1-5-20(11-17)29(33,34)35/h1-15H,(H,37,39)(H,38,40). The first-order valence-electron chi connectivity index (χ1n) is 11.8. The van der Waals surface area contributed by atoms with Gasteiger partial charge >= 0.3 is 12.1 Å². The molecular weight excluding hydrogens is 751 g/mol. The van der Waals surface area contributed by atoms with E-state index in [-0.39, 0.29) is 22.6 Å². The molecule has 2 amide bonds. The second-order valence-electron chi connectivity index (χ2n) is 8.51. The number of nitrogens with one attached hydrogen (secondary N) is 2. The highest BCUT2D eigenvalue weighted by Gasteiger charge is 2.31. The Morgan fingerprint density at radius 1 is 0.762 bits per heavy atom. The number of amides is 2. The molecule has 0 spiro atoms. The summed E-state index contributed by atoms with van der Waals surface area (Å²) in [5, 5.41) is 6.45. The van der Waals surface area contributed by atoms with Gasteiger partial charge in [0.2, 0.25) is 0 Å². The number of carbonyl (C=O) groups excluding carboxylic acids is 3. The first-order chi connectivity index (χ1) is 19.9. The molecule has 214 valence electrons. The Morgan fingerprint density at radius 3 is 2.12 bits per heavy atom. The topological polar surface area (TPSA) is 96.9 Å². The quantitative estimate of drug-likeness (QED) is 0.0858. The largest absolute Gasteiger partial charge is 0.421 e. The van der Waals surface area contributed by atoms with Crippen LogP contribution in [0.3, 0.4) is 0 Å². The van der Waals surface area contributed by atoms with E-state index in [1.807, 2.05) is 0 Å². The number of hydrogen-bond acceptors (Lipinski definition) is 5. The van der Waals surface area contributed by atoms with Crippen molar-refractivity contribution in [2.75, 3.05) is 5.32 Å². The summed E-state index contributed by atoms with van der Waals surface area (Å²) >= 11 is 10.1. The summed E-state index contributed by atoms with van der Waals surface area (Å²) in [5.41, 5.74) is 2.20. The summed E-state index contributed by atoms with van der Waals surface area (Å²) in [6, 6.07) is 19.7. The fraction of sp³-hybridized carbons (Fsp3) is 0.0345. The Labute approximate surface area is 262 Å². The second-order valence-corrected chi connectivity index (χ2v) is 11.2. The van der Waals surface area contributed by atoms with Gasteiger partial charge in [0.1, 0.15) is 0 Å². The lowest BCUT2D eigenvalue weighted by Gasteiger charge is -2.11. The van der Waals surface area contributed by atoms with Gasteiger partial charge in [-0.1, -0.05) is 44.0 Å². The van der Waals surface area contributed by atoms with Gasteiger partial charge in [0, 0.05) is 31.3 Å². The zero-order chi connectivity index (χ0) is 30.4. The highest BCUT2D eigenvalue weighted by Crippen LogP contribution is 2.33. The Balaban J connectivity index is 1.46. The molecule has 2 N–H and O–H groups in total. The SMILES string of the molecule is O=C(NN=Cc1cc(Br)cc(Br)c1OC(=O)c1ccc(Br)cc1)c1cccc(NC(=O)c2cccc(C(F)(F)F)c2)c1. The van der Waals surface area contributed by atoms with Crippen LogP contribution in [0.15, 0.2) is 103 Å². The van der Waals surface area contributed by atoms with Crippen molar-refractivity contribution in [1.82, 2.24) is 5.43 Å². The summed E-state index contributed by atoms with van der Waals surface area (Å²) in [4.78, 5) is 37.9. The number of hydrogen-bond donors (Lipinski definition) is 2. The monoisotopic (exact) mass is 765 g/mol. The van der Waals surface area contributed by atoms with E-state index in [1.54, 1.807) is 36.4 Å². The van der Waals surface area contributed by atoms with Gasteiger partial charge in [0.05, 0.1) is 21.8 Å². The molecule has 0 saturated carbocycles. The average molecular weight is 768 g/mol. The lowest BCUT2D eigenvalue weighted by molar-refractivity contribution is -0.137. The maximum atomic E-state index is 13.0. The average Bonchev–Trinajstić information content (AvgIpc) is 2.94. The minimum absolute atomic E-state index is 0.117. The number of halogens is 6. The number of esters is 1. The molecule has 4 aromatic rings. The van der Waals surface area contributed by atoms with Gasteiger partial charge < -0.3 is 10.1 Å². The number of nitrogens with zero attached hydrogens (tertiary/aromatic N) is 1. The molecule has 0 aliphatic carbocycles. The van der Waals surface area contributed by atoms with Gasteiger partial charge in [-0.3, -0.25) is 9.59 Å². The van der Waals surface area contributed by atoms with Crippen LogP contribution in [-0.4, -0.2) is 24.0 Å². The van der Waals surface area contributed by atoms with Crippen molar-refractivity contribution in [3.05, 3.63) is 126 Å². The molecular formula is C29H17Br3F3N3O4. The number of alkyl halides is 3.